The number of benzene rings is 2. The van der Waals surface area contributed by atoms with E-state index in [0.29, 0.717) is 36.1 Å². The average Bonchev–Trinajstić information content (AvgIpc) is 2.62. The number of hydrogen-bond donors (Lipinski definition) is 2. The van der Waals surface area contributed by atoms with Crippen molar-refractivity contribution in [3.63, 3.8) is 0 Å². The Labute approximate surface area is 155 Å². The van der Waals surface area contributed by atoms with Crippen LogP contribution in [0.5, 0.6) is 17.2 Å². The van der Waals surface area contributed by atoms with Gasteiger partial charge in [-0.25, -0.2) is 0 Å². The summed E-state index contributed by atoms with van der Waals surface area (Å²) in [6.07, 6.45) is 0. The van der Waals surface area contributed by atoms with E-state index in [2.05, 4.69) is 10.6 Å². The summed E-state index contributed by atoms with van der Waals surface area (Å²) in [5, 5.41) is 5.58. The van der Waals surface area contributed by atoms with E-state index < -0.39 is 5.91 Å². The van der Waals surface area contributed by atoms with E-state index in [4.69, 9.17) is 25.8 Å². The van der Waals surface area contributed by atoms with Crippen molar-refractivity contribution in [2.24, 2.45) is 0 Å². The van der Waals surface area contributed by atoms with Crippen LogP contribution in [0.1, 0.15) is 17.3 Å². The van der Waals surface area contributed by atoms with Crippen molar-refractivity contribution in [1.82, 2.24) is 0 Å². The molecule has 26 heavy (non-hydrogen) atoms. The quantitative estimate of drug-likeness (QED) is 0.854. The zero-order valence-electron chi connectivity index (χ0n) is 14.2. The van der Waals surface area contributed by atoms with Crippen molar-refractivity contribution < 1.29 is 23.8 Å². The number of ether oxygens (including phenoxy) is 3. The third kappa shape index (κ3) is 3.83. The highest BCUT2D eigenvalue weighted by Crippen LogP contribution is 2.34. The zero-order chi connectivity index (χ0) is 18.7. The maximum absolute atomic E-state index is 12.6. The highest BCUT2D eigenvalue weighted by atomic mass is 35.5. The summed E-state index contributed by atoms with van der Waals surface area (Å²) in [5.74, 6) is 0.806. The smallest absolute Gasteiger partial charge is 0.259 e. The molecule has 0 atom stereocenters. The lowest BCUT2D eigenvalue weighted by Gasteiger charge is -2.19. The van der Waals surface area contributed by atoms with E-state index in [1.165, 1.54) is 26.2 Å². The monoisotopic (exact) mass is 376 g/mol. The maximum atomic E-state index is 12.6. The zero-order valence-corrected chi connectivity index (χ0v) is 15.0. The van der Waals surface area contributed by atoms with Crippen molar-refractivity contribution in [3.05, 3.63) is 40.9 Å². The Morgan fingerprint density at radius 1 is 1.08 bits per heavy atom. The van der Waals surface area contributed by atoms with Gasteiger partial charge in [0.1, 0.15) is 19.0 Å². The molecule has 2 aromatic rings. The van der Waals surface area contributed by atoms with E-state index in [-0.39, 0.29) is 22.2 Å². The van der Waals surface area contributed by atoms with Crippen LogP contribution in [0.25, 0.3) is 0 Å². The van der Waals surface area contributed by atoms with Gasteiger partial charge in [0, 0.05) is 24.7 Å². The molecular formula is C18H17ClN2O5. The molecule has 2 amide bonds. The molecule has 0 radical (unpaired) electrons. The summed E-state index contributed by atoms with van der Waals surface area (Å²) in [4.78, 5) is 23.9. The Hall–Kier alpha value is -2.93. The predicted octanol–water partition coefficient (Wildman–Crippen LogP) is 3.33. The Kier molecular flexibility index (Phi) is 5.18. The van der Waals surface area contributed by atoms with Crippen LogP contribution in [-0.4, -0.2) is 32.1 Å². The fraction of sp³-hybridized carbons (Fsp3) is 0.222. The fourth-order valence-corrected chi connectivity index (χ4v) is 2.72. The van der Waals surface area contributed by atoms with Gasteiger partial charge >= 0.3 is 0 Å². The van der Waals surface area contributed by atoms with Gasteiger partial charge in [-0.2, -0.15) is 0 Å². The molecule has 0 saturated heterocycles. The maximum Gasteiger partial charge on any atom is 0.259 e. The Bertz CT molecular complexity index is 869. The molecule has 3 rings (SSSR count). The Morgan fingerprint density at radius 2 is 1.81 bits per heavy atom. The number of carbonyl (C=O) groups excluding carboxylic acids is 2. The van der Waals surface area contributed by atoms with Crippen molar-refractivity contribution >= 4 is 34.8 Å². The van der Waals surface area contributed by atoms with Crippen molar-refractivity contribution in [1.29, 1.82) is 0 Å². The molecular weight excluding hydrogens is 360 g/mol. The number of nitrogens with one attached hydrogen (secondary N) is 2. The van der Waals surface area contributed by atoms with E-state index in [0.717, 1.165) is 0 Å². The summed E-state index contributed by atoms with van der Waals surface area (Å²) in [6.45, 7) is 2.32. The second-order valence-corrected chi connectivity index (χ2v) is 5.93. The molecule has 0 fully saturated rings. The predicted molar refractivity (Wildman–Crippen MR) is 97.7 cm³/mol. The van der Waals surface area contributed by atoms with Gasteiger partial charge < -0.3 is 24.8 Å². The molecule has 1 heterocycles. The lowest BCUT2D eigenvalue weighted by Crippen LogP contribution is -2.17. The van der Waals surface area contributed by atoms with Crippen LogP contribution < -0.4 is 24.8 Å². The first kappa shape index (κ1) is 17.9. The summed E-state index contributed by atoms with van der Waals surface area (Å²) in [5.41, 5.74) is 1.15. The van der Waals surface area contributed by atoms with Crippen molar-refractivity contribution in [2.75, 3.05) is 31.0 Å². The molecule has 0 aromatic heterocycles. The number of fused-ring (bicyclic) bond motifs is 1. The average molecular weight is 377 g/mol. The van der Waals surface area contributed by atoms with E-state index >= 15 is 0 Å². The highest BCUT2D eigenvalue weighted by Gasteiger charge is 2.18. The van der Waals surface area contributed by atoms with E-state index in [1.807, 2.05) is 0 Å². The molecule has 136 valence electrons. The minimum atomic E-state index is -0.408. The number of halogens is 1. The number of rotatable bonds is 4. The van der Waals surface area contributed by atoms with Gasteiger partial charge in [-0.3, -0.25) is 9.59 Å². The minimum absolute atomic E-state index is 0.230. The molecule has 0 spiro atoms. The van der Waals surface area contributed by atoms with Crippen LogP contribution >= 0.6 is 11.6 Å². The first-order chi connectivity index (χ1) is 12.5. The molecule has 0 aliphatic carbocycles. The highest BCUT2D eigenvalue weighted by molar-refractivity contribution is 6.34. The topological polar surface area (TPSA) is 85.9 Å². The molecule has 0 unspecified atom stereocenters. The third-order valence-electron chi connectivity index (χ3n) is 3.64. The number of anilines is 2. The number of methoxy groups -OCH3 is 1. The van der Waals surface area contributed by atoms with Gasteiger partial charge in [0.25, 0.3) is 5.91 Å². The third-order valence-corrected chi connectivity index (χ3v) is 3.96. The van der Waals surface area contributed by atoms with Crippen LogP contribution in [0.15, 0.2) is 30.3 Å². The molecule has 2 aromatic carbocycles. The summed E-state index contributed by atoms with van der Waals surface area (Å²) < 4.78 is 16.2. The van der Waals surface area contributed by atoms with Gasteiger partial charge in [-0.15, -0.1) is 0 Å². The van der Waals surface area contributed by atoms with Gasteiger partial charge in [-0.05, 0) is 18.2 Å². The van der Waals surface area contributed by atoms with E-state index in [1.54, 1.807) is 18.2 Å². The molecule has 0 bridgehead atoms. The number of carbonyl (C=O) groups is 2. The molecule has 1 aliphatic heterocycles. The Morgan fingerprint density at radius 3 is 2.50 bits per heavy atom. The fourth-order valence-electron chi connectivity index (χ4n) is 2.50. The number of amides is 2. The Balaban J connectivity index is 1.85. The van der Waals surface area contributed by atoms with Crippen LogP contribution in [0.2, 0.25) is 5.02 Å². The molecule has 8 heteroatoms. The van der Waals surface area contributed by atoms with Crippen LogP contribution in [-0.2, 0) is 4.79 Å². The molecule has 0 saturated carbocycles. The summed E-state index contributed by atoms with van der Waals surface area (Å²) in [7, 11) is 1.43. The van der Waals surface area contributed by atoms with Crippen molar-refractivity contribution in [2.45, 2.75) is 6.92 Å². The van der Waals surface area contributed by atoms with Crippen LogP contribution in [0.3, 0.4) is 0 Å². The molecule has 7 nitrogen and oxygen atoms in total. The number of hydrogen-bond acceptors (Lipinski definition) is 5. The SMILES string of the molecule is COc1cc(NC(C)=O)c(Cl)cc1C(=O)Nc1ccc2c(c1)OCCO2. The summed E-state index contributed by atoms with van der Waals surface area (Å²) in [6, 6.07) is 8.08. The lowest BCUT2D eigenvalue weighted by atomic mass is 10.1. The largest absolute Gasteiger partial charge is 0.496 e. The standard InChI is InChI=1S/C18H17ClN2O5/c1-10(22)20-14-9-16(24-2)12(8-13(14)19)18(23)21-11-3-4-15-17(7-11)26-6-5-25-15/h3-4,7-9H,5-6H2,1-2H3,(H,20,22)(H,21,23). The second kappa shape index (κ2) is 7.53. The van der Waals surface area contributed by atoms with Gasteiger partial charge in [0.15, 0.2) is 11.5 Å². The van der Waals surface area contributed by atoms with Gasteiger partial charge in [-0.1, -0.05) is 11.6 Å². The van der Waals surface area contributed by atoms with E-state index in [9.17, 15) is 9.59 Å². The van der Waals surface area contributed by atoms with Crippen LogP contribution in [0, 0.1) is 0 Å². The first-order valence-corrected chi connectivity index (χ1v) is 8.22. The van der Waals surface area contributed by atoms with Gasteiger partial charge in [0.2, 0.25) is 5.91 Å². The lowest BCUT2D eigenvalue weighted by molar-refractivity contribution is -0.114. The molecule has 2 N–H and O–H groups in total. The second-order valence-electron chi connectivity index (χ2n) is 5.53. The van der Waals surface area contributed by atoms with Crippen LogP contribution in [0.4, 0.5) is 11.4 Å². The normalized spacial score (nSPS) is 12.3. The first-order valence-electron chi connectivity index (χ1n) is 7.84. The summed E-state index contributed by atoms with van der Waals surface area (Å²) >= 11 is 6.16. The van der Waals surface area contributed by atoms with Crippen molar-refractivity contribution in [3.8, 4) is 17.2 Å². The minimum Gasteiger partial charge on any atom is -0.496 e. The van der Waals surface area contributed by atoms with Gasteiger partial charge in [0.05, 0.1) is 23.4 Å². The molecule has 1 aliphatic rings.